The average molecular weight is 411 g/mol. The van der Waals surface area contributed by atoms with Crippen LogP contribution in [0.3, 0.4) is 0 Å². The van der Waals surface area contributed by atoms with Crippen molar-refractivity contribution in [1.82, 2.24) is 9.80 Å². The summed E-state index contributed by atoms with van der Waals surface area (Å²) in [6.45, 7) is 9.34. The molecule has 2 aliphatic heterocycles. The number of fused-ring (bicyclic) bond motifs is 1. The number of nitrogens with zero attached hydrogens (tertiary/aromatic N) is 2. The lowest BCUT2D eigenvalue weighted by Gasteiger charge is -2.26. The molecule has 1 aromatic rings. The van der Waals surface area contributed by atoms with Crippen LogP contribution >= 0.6 is 0 Å². The predicted molar refractivity (Wildman–Crippen MR) is 121 cm³/mol. The van der Waals surface area contributed by atoms with Crippen molar-refractivity contribution in [2.45, 2.75) is 51.2 Å². The first-order chi connectivity index (χ1) is 14.8. The maximum Gasteiger partial charge on any atom is 0.119 e. The van der Waals surface area contributed by atoms with Crippen molar-refractivity contribution in [3.8, 4) is 5.75 Å². The molecule has 0 N–H and O–H groups in total. The van der Waals surface area contributed by atoms with Gasteiger partial charge < -0.3 is 14.4 Å². The summed E-state index contributed by atoms with van der Waals surface area (Å²) in [5, 5.41) is 0. The van der Waals surface area contributed by atoms with Crippen molar-refractivity contribution >= 4 is 0 Å². The molecule has 3 fully saturated rings. The van der Waals surface area contributed by atoms with E-state index in [0.717, 1.165) is 56.1 Å². The number of benzene rings is 1. The van der Waals surface area contributed by atoms with Crippen LogP contribution in [0.25, 0.3) is 0 Å². The van der Waals surface area contributed by atoms with E-state index in [2.05, 4.69) is 46.2 Å². The lowest BCUT2D eigenvalue weighted by Crippen LogP contribution is -2.31. The maximum absolute atomic E-state index is 6.04. The molecule has 2 saturated heterocycles. The summed E-state index contributed by atoms with van der Waals surface area (Å²) >= 11 is 0. The van der Waals surface area contributed by atoms with Crippen molar-refractivity contribution in [2.24, 2.45) is 17.8 Å². The summed E-state index contributed by atoms with van der Waals surface area (Å²) in [5.74, 6) is 3.59. The Balaban J connectivity index is 0.948. The van der Waals surface area contributed by atoms with Gasteiger partial charge in [-0.2, -0.15) is 0 Å². The maximum atomic E-state index is 6.04. The average Bonchev–Trinajstić information content (AvgIpc) is 3.14. The summed E-state index contributed by atoms with van der Waals surface area (Å²) in [4.78, 5) is 5.24. The highest BCUT2D eigenvalue weighted by Crippen LogP contribution is 2.52. The van der Waals surface area contributed by atoms with Gasteiger partial charge in [0, 0.05) is 45.6 Å². The van der Waals surface area contributed by atoms with Gasteiger partial charge in [0.1, 0.15) is 11.9 Å². The molecule has 0 spiro atoms. The molecule has 0 bridgehead atoms. The number of rotatable bonds is 10. The Morgan fingerprint density at radius 3 is 2.33 bits per heavy atom. The molecule has 5 rings (SSSR count). The fourth-order valence-corrected chi connectivity index (χ4v) is 5.72. The van der Waals surface area contributed by atoms with Crippen LogP contribution in [0.15, 0.2) is 36.4 Å². The number of piperidine rings is 2. The zero-order valence-corrected chi connectivity index (χ0v) is 18.4. The van der Waals surface area contributed by atoms with Crippen LogP contribution in [-0.2, 0) is 11.3 Å². The molecule has 0 aromatic heterocycles. The Morgan fingerprint density at radius 1 is 0.867 bits per heavy atom. The monoisotopic (exact) mass is 410 g/mol. The Bertz CT molecular complexity index is 677. The molecule has 0 radical (unpaired) electrons. The summed E-state index contributed by atoms with van der Waals surface area (Å²) in [6, 6.07) is 8.77. The zero-order valence-electron chi connectivity index (χ0n) is 18.4. The van der Waals surface area contributed by atoms with Crippen molar-refractivity contribution in [1.29, 1.82) is 0 Å². The van der Waals surface area contributed by atoms with Crippen LogP contribution in [0.4, 0.5) is 0 Å². The molecule has 4 heteroatoms. The first-order valence-electron chi connectivity index (χ1n) is 12.3. The van der Waals surface area contributed by atoms with Gasteiger partial charge in [0.05, 0.1) is 6.61 Å². The number of hydrogen-bond donors (Lipinski definition) is 0. The number of likely N-dealkylation sites (tertiary alicyclic amines) is 2. The molecule has 0 unspecified atom stereocenters. The van der Waals surface area contributed by atoms with Crippen molar-refractivity contribution in [3.05, 3.63) is 42.0 Å². The minimum atomic E-state index is 0.338. The Morgan fingerprint density at radius 2 is 1.60 bits per heavy atom. The second kappa shape index (κ2) is 9.84. The highest BCUT2D eigenvalue weighted by atomic mass is 16.5. The third-order valence-electron chi connectivity index (χ3n) is 7.57. The molecule has 3 atom stereocenters. The molecule has 4 aliphatic rings. The molecule has 2 aliphatic carbocycles. The van der Waals surface area contributed by atoms with E-state index < -0.39 is 0 Å². The van der Waals surface area contributed by atoms with E-state index in [1.165, 1.54) is 64.0 Å². The topological polar surface area (TPSA) is 24.9 Å². The fraction of sp³-hybridized carbons (Fsp3) is 0.692. The van der Waals surface area contributed by atoms with Crippen molar-refractivity contribution in [3.63, 3.8) is 0 Å². The SMILES string of the molecule is C1=CCC(Oc2ccc(CN3C[C@@H]4[C@H](COCCCN5CCCCC5)[C@@H]4C3)cc2)C1. The smallest absolute Gasteiger partial charge is 0.119 e. The molecular weight excluding hydrogens is 372 g/mol. The van der Waals surface area contributed by atoms with Gasteiger partial charge in [-0.15, -0.1) is 0 Å². The standard InChI is InChI=1S/C26H38N2O2/c1-4-13-27(14-5-1)15-6-16-29-20-26-24-18-28(19-25(24)26)17-21-9-11-23(12-10-21)30-22-7-2-3-8-22/h2-3,9-12,22,24-26H,1,4-8,13-20H2/t24-,25+,26-. The summed E-state index contributed by atoms with van der Waals surface area (Å²) in [5.41, 5.74) is 1.40. The van der Waals surface area contributed by atoms with Gasteiger partial charge in [0.15, 0.2) is 0 Å². The molecule has 2 heterocycles. The van der Waals surface area contributed by atoms with Gasteiger partial charge in [-0.05, 0) is 67.8 Å². The van der Waals surface area contributed by atoms with Crippen LogP contribution in [0.2, 0.25) is 0 Å². The summed E-state index contributed by atoms with van der Waals surface area (Å²) in [6.07, 6.45) is 12.3. The normalized spacial score (nSPS) is 29.4. The van der Waals surface area contributed by atoms with E-state index in [1.807, 2.05) is 0 Å². The van der Waals surface area contributed by atoms with E-state index in [-0.39, 0.29) is 0 Å². The van der Waals surface area contributed by atoms with Gasteiger partial charge in [-0.3, -0.25) is 4.90 Å². The molecule has 4 nitrogen and oxygen atoms in total. The van der Waals surface area contributed by atoms with E-state index in [0.29, 0.717) is 6.10 Å². The fourth-order valence-electron chi connectivity index (χ4n) is 5.72. The van der Waals surface area contributed by atoms with Crippen LogP contribution < -0.4 is 4.74 Å². The lowest BCUT2D eigenvalue weighted by molar-refractivity contribution is 0.0967. The predicted octanol–water partition coefficient (Wildman–Crippen LogP) is 4.35. The number of hydrogen-bond acceptors (Lipinski definition) is 4. The van der Waals surface area contributed by atoms with Gasteiger partial charge in [0.25, 0.3) is 0 Å². The van der Waals surface area contributed by atoms with Crippen LogP contribution in [0.1, 0.15) is 44.1 Å². The molecule has 30 heavy (non-hydrogen) atoms. The van der Waals surface area contributed by atoms with Crippen LogP contribution in [-0.4, -0.2) is 61.8 Å². The van der Waals surface area contributed by atoms with E-state index in [1.54, 1.807) is 0 Å². The van der Waals surface area contributed by atoms with E-state index in [4.69, 9.17) is 9.47 Å². The van der Waals surface area contributed by atoms with Crippen LogP contribution in [0, 0.1) is 17.8 Å². The molecule has 164 valence electrons. The minimum Gasteiger partial charge on any atom is -0.490 e. The highest BCUT2D eigenvalue weighted by molar-refractivity contribution is 5.28. The molecule has 0 amide bonds. The largest absolute Gasteiger partial charge is 0.490 e. The van der Waals surface area contributed by atoms with Crippen molar-refractivity contribution < 1.29 is 9.47 Å². The molecular formula is C26H38N2O2. The quantitative estimate of drug-likeness (QED) is 0.423. The Kier molecular flexibility index (Phi) is 6.74. The third kappa shape index (κ3) is 5.27. The van der Waals surface area contributed by atoms with Crippen molar-refractivity contribution in [2.75, 3.05) is 45.9 Å². The second-order valence-corrected chi connectivity index (χ2v) is 9.84. The number of ether oxygens (including phenoxy) is 2. The first-order valence-corrected chi connectivity index (χ1v) is 12.3. The summed E-state index contributed by atoms with van der Waals surface area (Å²) < 4.78 is 12.1. The van der Waals surface area contributed by atoms with Gasteiger partial charge in [-0.25, -0.2) is 0 Å². The highest BCUT2D eigenvalue weighted by Gasteiger charge is 2.55. The molecule has 1 aromatic carbocycles. The van der Waals surface area contributed by atoms with Gasteiger partial charge in [-0.1, -0.05) is 30.7 Å². The minimum absolute atomic E-state index is 0.338. The Labute approximate surface area is 182 Å². The van der Waals surface area contributed by atoms with Crippen LogP contribution in [0.5, 0.6) is 5.75 Å². The molecule has 1 saturated carbocycles. The van der Waals surface area contributed by atoms with Gasteiger partial charge >= 0.3 is 0 Å². The zero-order chi connectivity index (χ0) is 20.2. The summed E-state index contributed by atoms with van der Waals surface area (Å²) in [7, 11) is 0. The Hall–Kier alpha value is -1.36. The van der Waals surface area contributed by atoms with E-state index >= 15 is 0 Å². The van der Waals surface area contributed by atoms with Gasteiger partial charge in [0.2, 0.25) is 0 Å². The van der Waals surface area contributed by atoms with E-state index in [9.17, 15) is 0 Å². The second-order valence-electron chi connectivity index (χ2n) is 9.84. The first kappa shape index (κ1) is 20.5. The lowest BCUT2D eigenvalue weighted by atomic mass is 10.1. The third-order valence-corrected chi connectivity index (χ3v) is 7.57.